The van der Waals surface area contributed by atoms with Crippen LogP contribution in [0.25, 0.3) is 0 Å². The van der Waals surface area contributed by atoms with Crippen LogP contribution in [0.1, 0.15) is 28.4 Å². The zero-order valence-corrected chi connectivity index (χ0v) is 14.7. The maximum absolute atomic E-state index is 11.5. The van der Waals surface area contributed by atoms with Crippen LogP contribution in [0.2, 0.25) is 0 Å². The van der Waals surface area contributed by atoms with Gasteiger partial charge in [-0.25, -0.2) is 4.79 Å². The van der Waals surface area contributed by atoms with Gasteiger partial charge in [-0.15, -0.1) is 0 Å². The van der Waals surface area contributed by atoms with Crippen LogP contribution in [0.15, 0.2) is 48.5 Å². The first-order chi connectivity index (χ1) is 12.5. The van der Waals surface area contributed by atoms with E-state index in [0.717, 1.165) is 11.1 Å². The predicted molar refractivity (Wildman–Crippen MR) is 97.4 cm³/mol. The number of carboxylic acids is 1. The minimum absolute atomic E-state index is 0.0557. The van der Waals surface area contributed by atoms with E-state index in [-0.39, 0.29) is 12.4 Å². The second-order valence-corrected chi connectivity index (χ2v) is 5.61. The Labute approximate surface area is 152 Å². The van der Waals surface area contributed by atoms with Gasteiger partial charge in [0, 0.05) is 19.1 Å². The average molecular weight is 352 g/mol. The van der Waals surface area contributed by atoms with Crippen LogP contribution in [0.3, 0.4) is 0 Å². The van der Waals surface area contributed by atoms with E-state index in [4.69, 9.17) is 14.6 Å². The maximum atomic E-state index is 11.5. The van der Waals surface area contributed by atoms with Gasteiger partial charge in [0.2, 0.25) is 0 Å². The van der Waals surface area contributed by atoms with Crippen molar-refractivity contribution in [1.82, 2.24) is 0 Å². The van der Waals surface area contributed by atoms with Crippen LogP contribution in [-0.4, -0.2) is 36.7 Å². The summed E-state index contributed by atoms with van der Waals surface area (Å²) in [6, 6.07) is 14.3. The quantitative estimate of drug-likeness (QED) is 0.613. The second kappa shape index (κ2) is 9.40. The smallest absolute Gasteiger partial charge is 0.333 e. The highest BCUT2D eigenvalue weighted by Crippen LogP contribution is 2.18. The van der Waals surface area contributed by atoms with Crippen molar-refractivity contribution in [3.63, 3.8) is 0 Å². The summed E-state index contributed by atoms with van der Waals surface area (Å²) < 4.78 is 10.5. The molecule has 2 aromatic carbocycles. The van der Waals surface area contributed by atoms with Gasteiger partial charge in [-0.3, -0.25) is 4.79 Å². The van der Waals surface area contributed by atoms with Gasteiger partial charge in [0.25, 0.3) is 0 Å². The highest BCUT2D eigenvalue weighted by molar-refractivity contribution is 5.96. The summed E-state index contributed by atoms with van der Waals surface area (Å²) in [5, 5.41) is 9.00. The number of hydrogen-bond donors (Lipinski definition) is 1. The molecule has 0 fully saturated rings. The van der Waals surface area contributed by atoms with Gasteiger partial charge in [-0.2, -0.15) is 0 Å². The molecule has 1 N–H and O–H groups in total. The number of Topliss-reactive ketones (excluding diaryl/α,β-unsaturated/α-hetero) is 1. The molecule has 0 unspecified atom stereocenters. The van der Waals surface area contributed by atoms with Crippen molar-refractivity contribution in [3.8, 4) is 17.6 Å². The van der Waals surface area contributed by atoms with Crippen molar-refractivity contribution in [2.24, 2.45) is 0 Å². The van der Waals surface area contributed by atoms with E-state index in [1.807, 2.05) is 24.3 Å². The van der Waals surface area contributed by atoms with E-state index in [0.29, 0.717) is 17.7 Å². The maximum Gasteiger partial charge on any atom is 0.333 e. The molecule has 5 heteroatoms. The lowest BCUT2D eigenvalue weighted by molar-refractivity contribution is -0.148. The minimum atomic E-state index is -0.987. The lowest BCUT2D eigenvalue weighted by Gasteiger charge is -2.10. The molecule has 0 aromatic heterocycles. The van der Waals surface area contributed by atoms with E-state index in [1.165, 1.54) is 14.0 Å². The lowest BCUT2D eigenvalue weighted by Crippen LogP contribution is -2.24. The molecule has 5 nitrogen and oxygen atoms in total. The molecule has 0 heterocycles. The first-order valence-electron chi connectivity index (χ1n) is 8.07. The number of methoxy groups -OCH3 is 1. The Morgan fingerprint density at radius 1 is 1.12 bits per heavy atom. The number of carbonyl (C=O) groups is 2. The summed E-state index contributed by atoms with van der Waals surface area (Å²) in [5.74, 6) is 5.35. The summed E-state index contributed by atoms with van der Waals surface area (Å²) in [7, 11) is 1.38. The third-order valence-electron chi connectivity index (χ3n) is 3.73. The summed E-state index contributed by atoms with van der Waals surface area (Å²) in [6.45, 7) is 1.66. The molecule has 0 saturated carbocycles. The Balaban J connectivity index is 1.94. The van der Waals surface area contributed by atoms with Gasteiger partial charge in [0.15, 0.2) is 11.9 Å². The molecule has 26 heavy (non-hydrogen) atoms. The van der Waals surface area contributed by atoms with Gasteiger partial charge in [0.1, 0.15) is 12.4 Å². The topological polar surface area (TPSA) is 72.8 Å². The zero-order chi connectivity index (χ0) is 18.9. The number of ketones is 1. The zero-order valence-electron chi connectivity index (χ0n) is 14.7. The fourth-order valence-corrected chi connectivity index (χ4v) is 2.35. The van der Waals surface area contributed by atoms with Crippen LogP contribution in [-0.2, 0) is 16.0 Å². The third-order valence-corrected chi connectivity index (χ3v) is 3.73. The van der Waals surface area contributed by atoms with Gasteiger partial charge >= 0.3 is 5.97 Å². The van der Waals surface area contributed by atoms with E-state index in [1.54, 1.807) is 24.3 Å². The number of benzene rings is 2. The fourth-order valence-electron chi connectivity index (χ4n) is 2.35. The van der Waals surface area contributed by atoms with Crippen molar-refractivity contribution in [3.05, 3.63) is 65.2 Å². The summed E-state index contributed by atoms with van der Waals surface area (Å²) >= 11 is 0. The molecule has 134 valence electrons. The number of aliphatic carboxylic acids is 1. The molecule has 0 radical (unpaired) electrons. The van der Waals surface area contributed by atoms with Crippen molar-refractivity contribution < 1.29 is 24.2 Å². The standard InChI is InChI=1S/C21H20O5/c1-15(22)18-7-3-4-8-19(18)26-13-5-6-16-9-11-17(12-10-16)14-20(25-2)21(23)24/h3-4,7-12,20H,13-14H2,1-2H3,(H,23,24)/t20-/m0/s1. The van der Waals surface area contributed by atoms with Crippen LogP contribution >= 0.6 is 0 Å². The van der Waals surface area contributed by atoms with Crippen LogP contribution in [0.4, 0.5) is 0 Å². The normalized spacial score (nSPS) is 11.2. The number of para-hydroxylation sites is 1. The van der Waals surface area contributed by atoms with Gasteiger partial charge in [0.05, 0.1) is 5.56 Å². The monoisotopic (exact) mass is 352 g/mol. The molecule has 2 aromatic rings. The molecule has 1 atom stereocenters. The average Bonchev–Trinajstić information content (AvgIpc) is 2.64. The van der Waals surface area contributed by atoms with Crippen molar-refractivity contribution in [2.75, 3.05) is 13.7 Å². The molecule has 0 saturated heterocycles. The summed E-state index contributed by atoms with van der Waals surface area (Å²) in [5.41, 5.74) is 2.18. The Morgan fingerprint density at radius 3 is 2.42 bits per heavy atom. The number of hydrogen-bond acceptors (Lipinski definition) is 4. The van der Waals surface area contributed by atoms with E-state index in [2.05, 4.69) is 11.8 Å². The second-order valence-electron chi connectivity index (χ2n) is 5.61. The Hall–Kier alpha value is -3.10. The lowest BCUT2D eigenvalue weighted by atomic mass is 10.1. The summed E-state index contributed by atoms with van der Waals surface area (Å²) in [4.78, 5) is 22.5. The Morgan fingerprint density at radius 2 is 1.81 bits per heavy atom. The molecule has 0 bridgehead atoms. The van der Waals surface area contributed by atoms with Gasteiger partial charge in [-0.05, 0) is 36.8 Å². The molecule has 0 amide bonds. The predicted octanol–water partition coefficient (Wildman–Crippen LogP) is 2.96. The Kier molecular flexibility index (Phi) is 6.95. The molecule has 0 aliphatic heterocycles. The third kappa shape index (κ3) is 5.47. The number of ether oxygens (including phenoxy) is 2. The number of carboxylic acid groups (broad SMARTS) is 1. The molecule has 2 rings (SSSR count). The van der Waals surface area contributed by atoms with E-state index >= 15 is 0 Å². The number of carbonyl (C=O) groups excluding carboxylic acids is 1. The molecule has 0 aliphatic carbocycles. The van der Waals surface area contributed by atoms with Crippen LogP contribution in [0.5, 0.6) is 5.75 Å². The van der Waals surface area contributed by atoms with E-state index in [9.17, 15) is 9.59 Å². The molecule has 0 spiro atoms. The van der Waals surface area contributed by atoms with Gasteiger partial charge < -0.3 is 14.6 Å². The Bertz CT molecular complexity index is 827. The molecular weight excluding hydrogens is 332 g/mol. The number of rotatable bonds is 7. The van der Waals surface area contributed by atoms with Crippen LogP contribution in [0, 0.1) is 11.8 Å². The van der Waals surface area contributed by atoms with Crippen molar-refractivity contribution in [1.29, 1.82) is 0 Å². The largest absolute Gasteiger partial charge is 0.480 e. The first-order valence-corrected chi connectivity index (χ1v) is 8.07. The van der Waals surface area contributed by atoms with Crippen LogP contribution < -0.4 is 4.74 Å². The highest BCUT2D eigenvalue weighted by atomic mass is 16.5. The van der Waals surface area contributed by atoms with Gasteiger partial charge in [-0.1, -0.05) is 36.1 Å². The molecular formula is C21H20O5. The summed E-state index contributed by atoms with van der Waals surface area (Å²) in [6.07, 6.45) is -0.563. The minimum Gasteiger partial charge on any atom is -0.480 e. The SMILES string of the molecule is CO[C@@H](Cc1ccc(C#CCOc2ccccc2C(C)=O)cc1)C(=O)O. The fraction of sp³-hybridized carbons (Fsp3) is 0.238. The van der Waals surface area contributed by atoms with Crippen molar-refractivity contribution >= 4 is 11.8 Å². The van der Waals surface area contributed by atoms with E-state index < -0.39 is 12.1 Å². The molecule has 0 aliphatic rings. The van der Waals surface area contributed by atoms with Crippen molar-refractivity contribution in [2.45, 2.75) is 19.4 Å². The first kappa shape index (κ1) is 19.2. The highest BCUT2D eigenvalue weighted by Gasteiger charge is 2.16.